The number of benzene rings is 6. The van der Waals surface area contributed by atoms with Crippen molar-refractivity contribution < 1.29 is 0 Å². The van der Waals surface area contributed by atoms with Gasteiger partial charge in [0.05, 0.1) is 12.3 Å². The van der Waals surface area contributed by atoms with Gasteiger partial charge in [-0.15, -0.1) is 0 Å². The SMILES string of the molecule is [C-]#[N+]c1ccc2c(c1)C1(c3ccc(-c4ccccc4N(c4ccccc4)c4ccc5c(c4)C(C)(C)c4ccccc4-5)cc3-2)C2CC3CC(C2)CC1C3. The van der Waals surface area contributed by atoms with E-state index in [-0.39, 0.29) is 10.8 Å². The molecule has 4 bridgehead atoms. The highest BCUT2D eigenvalue weighted by atomic mass is 15.1. The van der Waals surface area contributed by atoms with Crippen molar-refractivity contribution in [2.75, 3.05) is 4.90 Å². The summed E-state index contributed by atoms with van der Waals surface area (Å²) in [5.74, 6) is 3.12. The van der Waals surface area contributed by atoms with Gasteiger partial charge in [-0.2, -0.15) is 0 Å². The molecule has 0 radical (unpaired) electrons. The average Bonchev–Trinajstić information content (AvgIpc) is 3.59. The lowest BCUT2D eigenvalue weighted by molar-refractivity contribution is -0.0399. The molecule has 0 aliphatic heterocycles. The lowest BCUT2D eigenvalue weighted by atomic mass is 9.43. The van der Waals surface area contributed by atoms with Crippen LogP contribution in [0.25, 0.3) is 38.2 Å². The Hall–Kier alpha value is -5.39. The summed E-state index contributed by atoms with van der Waals surface area (Å²) in [6.07, 6.45) is 6.80. The van der Waals surface area contributed by atoms with E-state index < -0.39 is 0 Å². The second-order valence-corrected chi connectivity index (χ2v) is 16.9. The summed E-state index contributed by atoms with van der Waals surface area (Å²) >= 11 is 0. The van der Waals surface area contributed by atoms with Crippen molar-refractivity contribution in [3.8, 4) is 33.4 Å². The Morgan fingerprint density at radius 1 is 0.519 bits per heavy atom. The minimum absolute atomic E-state index is 0.0434. The summed E-state index contributed by atoms with van der Waals surface area (Å²) in [6, 6.07) is 49.8. The first-order chi connectivity index (χ1) is 25.4. The standard InChI is InChI=1S/C50H42N2/c1-49(2)44-15-9-7-14-40(44)41-21-19-38(30-46(41)49)52(37-11-5-4-6-12-37)48-16-10-8-13-39(48)33-17-22-45-43(28-33)42-20-18-36(51-3)29-47(42)50(45)34-24-31-23-32(26-34)27-35(50)25-31/h4-22,28-32,34-35H,23-27H2,1-2H3. The number of rotatable bonds is 4. The Labute approximate surface area is 307 Å². The molecule has 0 N–H and O–H groups in total. The maximum Gasteiger partial charge on any atom is 0.187 e. The van der Waals surface area contributed by atoms with Crippen LogP contribution >= 0.6 is 0 Å². The molecule has 4 saturated carbocycles. The fraction of sp³-hybridized carbons (Fsp3) is 0.260. The zero-order valence-electron chi connectivity index (χ0n) is 29.9. The third kappa shape index (κ3) is 4.00. The van der Waals surface area contributed by atoms with Gasteiger partial charge in [-0.3, -0.25) is 0 Å². The lowest BCUT2D eigenvalue weighted by Gasteiger charge is -2.61. The van der Waals surface area contributed by atoms with Crippen LogP contribution in [0, 0.1) is 30.2 Å². The number of hydrogen-bond donors (Lipinski definition) is 0. The average molecular weight is 671 g/mol. The third-order valence-corrected chi connectivity index (χ3v) is 14.1. The van der Waals surface area contributed by atoms with Crippen LogP contribution < -0.4 is 4.90 Å². The smallest absolute Gasteiger partial charge is 0.187 e. The van der Waals surface area contributed by atoms with Crippen LogP contribution in [0.1, 0.15) is 68.2 Å². The Morgan fingerprint density at radius 2 is 1.17 bits per heavy atom. The second-order valence-electron chi connectivity index (χ2n) is 16.9. The Morgan fingerprint density at radius 3 is 1.94 bits per heavy atom. The second kappa shape index (κ2) is 10.8. The fourth-order valence-electron chi connectivity index (χ4n) is 12.2. The van der Waals surface area contributed by atoms with E-state index in [0.29, 0.717) is 11.8 Å². The molecule has 6 aliphatic carbocycles. The first kappa shape index (κ1) is 30.3. The van der Waals surface area contributed by atoms with E-state index in [1.807, 2.05) is 0 Å². The van der Waals surface area contributed by atoms with Crippen LogP contribution in [0.4, 0.5) is 22.7 Å². The maximum absolute atomic E-state index is 7.94. The molecule has 2 heteroatoms. The quantitative estimate of drug-likeness (QED) is 0.169. The summed E-state index contributed by atoms with van der Waals surface area (Å²) in [7, 11) is 0. The number of hydrogen-bond acceptors (Lipinski definition) is 1. The molecule has 52 heavy (non-hydrogen) atoms. The van der Waals surface area contributed by atoms with Crippen molar-refractivity contribution in [3.05, 3.63) is 167 Å². The van der Waals surface area contributed by atoms with Gasteiger partial charge >= 0.3 is 0 Å². The van der Waals surface area contributed by atoms with Crippen LogP contribution in [0.2, 0.25) is 0 Å². The van der Waals surface area contributed by atoms with Gasteiger partial charge in [0.1, 0.15) is 0 Å². The fourth-order valence-corrected chi connectivity index (χ4v) is 12.2. The van der Waals surface area contributed by atoms with Crippen molar-refractivity contribution in [1.82, 2.24) is 0 Å². The number of fused-ring (bicyclic) bond motifs is 6. The van der Waals surface area contributed by atoms with Gasteiger partial charge in [0.25, 0.3) is 0 Å². The van der Waals surface area contributed by atoms with E-state index in [0.717, 1.165) is 23.2 Å². The van der Waals surface area contributed by atoms with Crippen molar-refractivity contribution >= 4 is 22.7 Å². The summed E-state index contributed by atoms with van der Waals surface area (Å²) < 4.78 is 0. The summed E-state index contributed by atoms with van der Waals surface area (Å²) in [6.45, 7) is 12.7. The zero-order chi connectivity index (χ0) is 34.8. The molecule has 6 aromatic rings. The van der Waals surface area contributed by atoms with E-state index in [1.54, 1.807) is 0 Å². The maximum atomic E-state index is 7.94. The van der Waals surface area contributed by atoms with E-state index in [9.17, 15) is 0 Å². The highest BCUT2D eigenvalue weighted by Crippen LogP contribution is 2.70. The lowest BCUT2D eigenvalue weighted by Crippen LogP contribution is -2.55. The molecule has 0 aromatic heterocycles. The van der Waals surface area contributed by atoms with Gasteiger partial charge in [-0.25, -0.2) is 4.85 Å². The molecule has 0 saturated heterocycles. The predicted octanol–water partition coefficient (Wildman–Crippen LogP) is 13.4. The zero-order valence-corrected chi connectivity index (χ0v) is 29.9. The van der Waals surface area contributed by atoms with E-state index in [2.05, 4.69) is 157 Å². The molecule has 4 fully saturated rings. The Kier molecular flexibility index (Phi) is 6.29. The Balaban J connectivity index is 1.08. The van der Waals surface area contributed by atoms with Crippen molar-refractivity contribution in [3.63, 3.8) is 0 Å². The largest absolute Gasteiger partial charge is 0.310 e. The van der Waals surface area contributed by atoms with Crippen LogP contribution in [-0.2, 0) is 10.8 Å². The van der Waals surface area contributed by atoms with Gasteiger partial charge in [-0.05, 0) is 142 Å². The van der Waals surface area contributed by atoms with E-state index >= 15 is 0 Å². The number of anilines is 3. The molecular formula is C50H42N2. The number of nitrogens with zero attached hydrogens (tertiary/aromatic N) is 2. The summed E-state index contributed by atoms with van der Waals surface area (Å²) in [5, 5.41) is 0. The van der Waals surface area contributed by atoms with Gasteiger partial charge in [0.2, 0.25) is 0 Å². The minimum atomic E-state index is -0.0851. The van der Waals surface area contributed by atoms with Crippen molar-refractivity contribution in [1.29, 1.82) is 0 Å². The topological polar surface area (TPSA) is 7.60 Å². The Bertz CT molecular complexity index is 2450. The normalized spacial score (nSPS) is 24.9. The van der Waals surface area contributed by atoms with Crippen molar-refractivity contribution in [2.45, 2.75) is 56.8 Å². The van der Waals surface area contributed by atoms with Gasteiger partial charge in [-0.1, -0.05) is 111 Å². The molecule has 252 valence electrons. The molecular weight excluding hydrogens is 629 g/mol. The highest BCUT2D eigenvalue weighted by molar-refractivity contribution is 5.93. The molecule has 6 aliphatic rings. The molecule has 0 heterocycles. The molecule has 0 atom stereocenters. The third-order valence-electron chi connectivity index (χ3n) is 14.1. The molecule has 1 spiro atoms. The molecule has 0 unspecified atom stereocenters. The van der Waals surface area contributed by atoms with Gasteiger partial charge in [0.15, 0.2) is 5.69 Å². The van der Waals surface area contributed by atoms with E-state index in [1.165, 1.54) is 99.1 Å². The van der Waals surface area contributed by atoms with Gasteiger partial charge < -0.3 is 4.90 Å². The molecule has 12 rings (SSSR count). The predicted molar refractivity (Wildman–Crippen MR) is 214 cm³/mol. The minimum Gasteiger partial charge on any atom is -0.310 e. The monoisotopic (exact) mass is 670 g/mol. The summed E-state index contributed by atoms with van der Waals surface area (Å²) in [5.41, 5.74) is 17.9. The highest BCUT2D eigenvalue weighted by Gasteiger charge is 2.61. The first-order valence-electron chi connectivity index (χ1n) is 19.3. The molecule has 0 amide bonds. The van der Waals surface area contributed by atoms with Crippen LogP contribution in [-0.4, -0.2) is 0 Å². The molecule has 6 aromatic carbocycles. The van der Waals surface area contributed by atoms with Crippen molar-refractivity contribution in [2.24, 2.45) is 23.7 Å². The molecule has 2 nitrogen and oxygen atoms in total. The van der Waals surface area contributed by atoms with Crippen LogP contribution in [0.3, 0.4) is 0 Å². The van der Waals surface area contributed by atoms with Crippen LogP contribution in [0.5, 0.6) is 0 Å². The van der Waals surface area contributed by atoms with E-state index in [4.69, 9.17) is 6.57 Å². The number of para-hydroxylation sites is 2. The van der Waals surface area contributed by atoms with Crippen LogP contribution in [0.15, 0.2) is 133 Å². The summed E-state index contributed by atoms with van der Waals surface area (Å²) in [4.78, 5) is 6.40. The first-order valence-corrected chi connectivity index (χ1v) is 19.3. The van der Waals surface area contributed by atoms with Gasteiger partial charge in [0, 0.05) is 27.8 Å².